The SMILES string of the molecule is Cc1cc(Br)cc(N2CCCC2=O)c1F. The van der Waals surface area contributed by atoms with E-state index in [0.29, 0.717) is 24.2 Å². The summed E-state index contributed by atoms with van der Waals surface area (Å²) in [6, 6.07) is 3.37. The zero-order valence-electron chi connectivity index (χ0n) is 8.39. The lowest BCUT2D eigenvalue weighted by Crippen LogP contribution is -2.25. The molecule has 1 heterocycles. The van der Waals surface area contributed by atoms with Gasteiger partial charge < -0.3 is 4.90 Å². The smallest absolute Gasteiger partial charge is 0.227 e. The van der Waals surface area contributed by atoms with E-state index in [4.69, 9.17) is 0 Å². The first-order valence-electron chi connectivity index (χ1n) is 4.85. The Kier molecular flexibility index (Phi) is 2.78. The maximum absolute atomic E-state index is 13.8. The summed E-state index contributed by atoms with van der Waals surface area (Å²) in [6.45, 7) is 2.32. The third-order valence-electron chi connectivity index (χ3n) is 2.56. The van der Waals surface area contributed by atoms with Gasteiger partial charge in [-0.1, -0.05) is 15.9 Å². The van der Waals surface area contributed by atoms with Gasteiger partial charge in [0.25, 0.3) is 0 Å². The summed E-state index contributed by atoms with van der Waals surface area (Å²) in [5.41, 5.74) is 0.948. The van der Waals surface area contributed by atoms with Crippen LogP contribution in [-0.4, -0.2) is 12.5 Å². The van der Waals surface area contributed by atoms with Crippen molar-refractivity contribution in [3.8, 4) is 0 Å². The van der Waals surface area contributed by atoms with Crippen molar-refractivity contribution in [1.29, 1.82) is 0 Å². The third-order valence-corrected chi connectivity index (χ3v) is 3.02. The molecule has 1 aliphatic rings. The molecule has 15 heavy (non-hydrogen) atoms. The van der Waals surface area contributed by atoms with Crippen LogP contribution >= 0.6 is 15.9 Å². The molecule has 1 saturated heterocycles. The third kappa shape index (κ3) is 1.91. The highest BCUT2D eigenvalue weighted by molar-refractivity contribution is 9.10. The number of hydrogen-bond donors (Lipinski definition) is 0. The zero-order valence-corrected chi connectivity index (χ0v) is 9.97. The highest BCUT2D eigenvalue weighted by Gasteiger charge is 2.25. The molecule has 0 unspecified atom stereocenters. The van der Waals surface area contributed by atoms with Crippen LogP contribution in [0.4, 0.5) is 10.1 Å². The molecule has 0 aromatic heterocycles. The summed E-state index contributed by atoms with van der Waals surface area (Å²) in [5.74, 6) is -0.292. The van der Waals surface area contributed by atoms with Gasteiger partial charge >= 0.3 is 0 Å². The van der Waals surface area contributed by atoms with Gasteiger partial charge in [0.2, 0.25) is 5.91 Å². The molecule has 80 valence electrons. The summed E-state index contributed by atoms with van der Waals surface area (Å²) >= 11 is 3.31. The first kappa shape index (κ1) is 10.6. The van der Waals surface area contributed by atoms with E-state index in [1.807, 2.05) is 0 Å². The Labute approximate surface area is 96.2 Å². The minimum atomic E-state index is -0.298. The predicted molar refractivity (Wildman–Crippen MR) is 60.4 cm³/mol. The van der Waals surface area contributed by atoms with Gasteiger partial charge in [-0.05, 0) is 31.0 Å². The molecule has 1 aromatic carbocycles. The van der Waals surface area contributed by atoms with Gasteiger partial charge in [-0.25, -0.2) is 4.39 Å². The van der Waals surface area contributed by atoms with E-state index >= 15 is 0 Å². The molecule has 0 atom stereocenters. The van der Waals surface area contributed by atoms with E-state index in [1.165, 1.54) is 4.90 Å². The molecule has 0 aliphatic carbocycles. The fourth-order valence-corrected chi connectivity index (χ4v) is 2.37. The highest BCUT2D eigenvalue weighted by Crippen LogP contribution is 2.29. The molecule has 2 rings (SSSR count). The van der Waals surface area contributed by atoms with Crippen LogP contribution in [0.15, 0.2) is 16.6 Å². The number of amides is 1. The average Bonchev–Trinajstić information content (AvgIpc) is 2.58. The number of carbonyl (C=O) groups excluding carboxylic acids is 1. The summed E-state index contributed by atoms with van der Waals surface area (Å²) in [6.07, 6.45) is 1.33. The van der Waals surface area contributed by atoms with Crippen LogP contribution in [0.3, 0.4) is 0 Å². The predicted octanol–water partition coefficient (Wildman–Crippen LogP) is 3.02. The topological polar surface area (TPSA) is 20.3 Å². The van der Waals surface area contributed by atoms with Gasteiger partial charge in [-0.15, -0.1) is 0 Å². The minimum absolute atomic E-state index is 0.00593. The molecule has 1 amide bonds. The Morgan fingerprint density at radius 1 is 1.47 bits per heavy atom. The number of carbonyl (C=O) groups is 1. The summed E-state index contributed by atoms with van der Waals surface area (Å²) in [4.78, 5) is 13.0. The normalized spacial score (nSPS) is 16.2. The van der Waals surface area contributed by atoms with Crippen LogP contribution in [0.2, 0.25) is 0 Å². The van der Waals surface area contributed by atoms with E-state index in [9.17, 15) is 9.18 Å². The number of nitrogens with zero attached hydrogens (tertiary/aromatic N) is 1. The van der Waals surface area contributed by atoms with E-state index in [1.54, 1.807) is 19.1 Å². The van der Waals surface area contributed by atoms with Gasteiger partial charge in [0.15, 0.2) is 0 Å². The molecule has 0 saturated carbocycles. The summed E-state index contributed by atoms with van der Waals surface area (Å²) < 4.78 is 14.6. The van der Waals surface area contributed by atoms with Crippen molar-refractivity contribution >= 4 is 27.5 Å². The largest absolute Gasteiger partial charge is 0.310 e. The molecule has 4 heteroatoms. The van der Waals surface area contributed by atoms with Crippen LogP contribution in [0.5, 0.6) is 0 Å². The molecule has 1 fully saturated rings. The fourth-order valence-electron chi connectivity index (χ4n) is 1.81. The Hall–Kier alpha value is -0.900. The first-order chi connectivity index (χ1) is 7.09. The molecule has 0 spiro atoms. The van der Waals surface area contributed by atoms with Crippen LogP contribution < -0.4 is 4.90 Å². The molecule has 0 bridgehead atoms. The van der Waals surface area contributed by atoms with Crippen molar-refractivity contribution in [2.24, 2.45) is 0 Å². The summed E-state index contributed by atoms with van der Waals surface area (Å²) in [7, 11) is 0. The van der Waals surface area contributed by atoms with Crippen LogP contribution in [-0.2, 0) is 4.79 Å². The molecular weight excluding hydrogens is 261 g/mol. The monoisotopic (exact) mass is 271 g/mol. The van der Waals surface area contributed by atoms with Gasteiger partial charge in [0.1, 0.15) is 5.82 Å². The Morgan fingerprint density at radius 3 is 2.80 bits per heavy atom. The van der Waals surface area contributed by atoms with Crippen molar-refractivity contribution < 1.29 is 9.18 Å². The van der Waals surface area contributed by atoms with E-state index in [0.717, 1.165) is 10.9 Å². The second kappa shape index (κ2) is 3.93. The van der Waals surface area contributed by atoms with Gasteiger partial charge in [-0.2, -0.15) is 0 Å². The van der Waals surface area contributed by atoms with Crippen molar-refractivity contribution in [3.05, 3.63) is 28.0 Å². The van der Waals surface area contributed by atoms with E-state index in [-0.39, 0.29) is 11.7 Å². The first-order valence-corrected chi connectivity index (χ1v) is 5.65. The summed E-state index contributed by atoms with van der Waals surface area (Å²) in [5, 5.41) is 0. The van der Waals surface area contributed by atoms with Crippen molar-refractivity contribution in [3.63, 3.8) is 0 Å². The molecule has 0 radical (unpaired) electrons. The minimum Gasteiger partial charge on any atom is -0.310 e. The van der Waals surface area contributed by atoms with E-state index < -0.39 is 0 Å². The highest BCUT2D eigenvalue weighted by atomic mass is 79.9. The number of hydrogen-bond acceptors (Lipinski definition) is 1. The Morgan fingerprint density at radius 2 is 2.20 bits per heavy atom. The Balaban J connectivity index is 2.47. The molecule has 1 aromatic rings. The van der Waals surface area contributed by atoms with Gasteiger partial charge in [0, 0.05) is 17.4 Å². The van der Waals surface area contributed by atoms with Crippen molar-refractivity contribution in [2.45, 2.75) is 19.8 Å². The van der Waals surface area contributed by atoms with Gasteiger partial charge in [-0.3, -0.25) is 4.79 Å². The maximum atomic E-state index is 13.8. The van der Waals surface area contributed by atoms with Crippen molar-refractivity contribution in [2.75, 3.05) is 11.4 Å². The number of halogens is 2. The lowest BCUT2D eigenvalue weighted by atomic mass is 10.2. The van der Waals surface area contributed by atoms with E-state index in [2.05, 4.69) is 15.9 Å². The molecule has 2 nitrogen and oxygen atoms in total. The molecular formula is C11H11BrFNO. The quantitative estimate of drug-likeness (QED) is 0.769. The number of rotatable bonds is 1. The second-order valence-electron chi connectivity index (χ2n) is 3.70. The standard InChI is InChI=1S/C11H11BrFNO/c1-7-5-8(12)6-9(11(7)13)14-4-2-3-10(14)15/h5-6H,2-4H2,1H3. The molecule has 0 N–H and O–H groups in total. The average molecular weight is 272 g/mol. The number of anilines is 1. The lowest BCUT2D eigenvalue weighted by molar-refractivity contribution is -0.117. The van der Waals surface area contributed by atoms with Crippen LogP contribution in [0, 0.1) is 12.7 Å². The zero-order chi connectivity index (χ0) is 11.0. The van der Waals surface area contributed by atoms with Gasteiger partial charge in [0.05, 0.1) is 5.69 Å². The fraction of sp³-hybridized carbons (Fsp3) is 0.364. The Bertz CT molecular complexity index is 419. The molecule has 1 aliphatic heterocycles. The number of benzene rings is 1. The van der Waals surface area contributed by atoms with Crippen LogP contribution in [0.1, 0.15) is 18.4 Å². The van der Waals surface area contributed by atoms with Crippen LogP contribution in [0.25, 0.3) is 0 Å². The maximum Gasteiger partial charge on any atom is 0.227 e. The number of aryl methyl sites for hydroxylation is 1. The lowest BCUT2D eigenvalue weighted by Gasteiger charge is -2.17. The second-order valence-corrected chi connectivity index (χ2v) is 4.62. The van der Waals surface area contributed by atoms with Crippen molar-refractivity contribution in [1.82, 2.24) is 0 Å².